The fourth-order valence-corrected chi connectivity index (χ4v) is 3.08. The third kappa shape index (κ3) is 4.83. The summed E-state index contributed by atoms with van der Waals surface area (Å²) in [6.07, 6.45) is 0.281. The Morgan fingerprint density at radius 1 is 1.43 bits per heavy atom. The normalized spacial score (nSPS) is 22.9. The highest BCUT2D eigenvalue weighted by Crippen LogP contribution is 2.24. The molecule has 0 aliphatic carbocycles. The summed E-state index contributed by atoms with van der Waals surface area (Å²) in [5, 5.41) is 3.40. The van der Waals surface area contributed by atoms with E-state index in [1.807, 2.05) is 0 Å². The molecule has 0 aromatic carbocycles. The van der Waals surface area contributed by atoms with Crippen LogP contribution in [0, 0.1) is 6.92 Å². The summed E-state index contributed by atoms with van der Waals surface area (Å²) < 4.78 is 11.8. The standard InChI is InChI=1S/C17H30N2O2/c1-12(2)18-8-16-7-15(14(4)20-16)10-19-9-13(3)21-17(5,6)11-19/h7,12-13,18H,8-11H2,1-6H3. The first-order valence-corrected chi connectivity index (χ1v) is 7.97. The number of nitrogens with one attached hydrogen (secondary N) is 1. The number of ether oxygens (including phenoxy) is 1. The molecule has 1 saturated heterocycles. The number of aryl methyl sites for hydroxylation is 1. The van der Waals surface area contributed by atoms with E-state index in [9.17, 15) is 0 Å². The predicted molar refractivity (Wildman–Crippen MR) is 85.3 cm³/mol. The van der Waals surface area contributed by atoms with Crippen LogP contribution in [0.2, 0.25) is 0 Å². The van der Waals surface area contributed by atoms with E-state index >= 15 is 0 Å². The summed E-state index contributed by atoms with van der Waals surface area (Å²) in [7, 11) is 0. The second-order valence-electron chi connectivity index (χ2n) is 7.19. The van der Waals surface area contributed by atoms with E-state index in [2.05, 4.69) is 57.8 Å². The van der Waals surface area contributed by atoms with Gasteiger partial charge in [0.25, 0.3) is 0 Å². The van der Waals surface area contributed by atoms with Gasteiger partial charge in [0, 0.05) is 31.2 Å². The fourth-order valence-electron chi connectivity index (χ4n) is 3.08. The van der Waals surface area contributed by atoms with Gasteiger partial charge in [0.2, 0.25) is 0 Å². The topological polar surface area (TPSA) is 37.6 Å². The van der Waals surface area contributed by atoms with Crippen LogP contribution in [0.5, 0.6) is 0 Å². The van der Waals surface area contributed by atoms with Crippen LogP contribution in [0.25, 0.3) is 0 Å². The van der Waals surface area contributed by atoms with Crippen LogP contribution in [0.15, 0.2) is 10.5 Å². The number of hydrogen-bond acceptors (Lipinski definition) is 4. The molecule has 1 fully saturated rings. The second kappa shape index (κ2) is 6.51. The Bertz CT molecular complexity index is 465. The summed E-state index contributed by atoms with van der Waals surface area (Å²) in [4.78, 5) is 2.46. The van der Waals surface area contributed by atoms with Crippen LogP contribution in [0.1, 0.15) is 51.7 Å². The number of morpholine rings is 1. The Morgan fingerprint density at radius 2 is 2.14 bits per heavy atom. The Balaban J connectivity index is 1.99. The van der Waals surface area contributed by atoms with Gasteiger partial charge in [-0.1, -0.05) is 13.8 Å². The number of hydrogen-bond donors (Lipinski definition) is 1. The van der Waals surface area contributed by atoms with Crippen LogP contribution in [-0.2, 0) is 17.8 Å². The molecule has 1 aromatic rings. The Labute approximate surface area is 128 Å². The molecular formula is C17H30N2O2. The lowest BCUT2D eigenvalue weighted by molar-refractivity contribution is -0.130. The molecule has 0 saturated carbocycles. The molecule has 1 aromatic heterocycles. The fraction of sp³-hybridized carbons (Fsp3) is 0.765. The summed E-state index contributed by atoms with van der Waals surface area (Å²) in [6, 6.07) is 2.66. The lowest BCUT2D eigenvalue weighted by Crippen LogP contribution is -2.51. The number of furan rings is 1. The quantitative estimate of drug-likeness (QED) is 0.905. The maximum atomic E-state index is 5.97. The first kappa shape index (κ1) is 16.5. The Hall–Kier alpha value is -0.840. The SMILES string of the molecule is Cc1oc(CNC(C)C)cc1CN1CC(C)OC(C)(C)C1. The summed E-state index contributed by atoms with van der Waals surface area (Å²) in [5.74, 6) is 2.06. The third-order valence-corrected chi connectivity index (χ3v) is 3.79. The first-order chi connectivity index (χ1) is 9.75. The van der Waals surface area contributed by atoms with Crippen molar-refractivity contribution in [2.45, 2.75) is 72.4 Å². The van der Waals surface area contributed by atoms with Crippen molar-refractivity contribution in [2.75, 3.05) is 13.1 Å². The maximum absolute atomic E-state index is 5.97. The molecule has 1 N–H and O–H groups in total. The van der Waals surface area contributed by atoms with Crippen molar-refractivity contribution in [3.8, 4) is 0 Å². The van der Waals surface area contributed by atoms with Gasteiger partial charge in [-0.2, -0.15) is 0 Å². The lowest BCUT2D eigenvalue weighted by atomic mass is 10.0. The van der Waals surface area contributed by atoms with Crippen molar-refractivity contribution >= 4 is 0 Å². The van der Waals surface area contributed by atoms with Crippen molar-refractivity contribution < 1.29 is 9.15 Å². The molecule has 21 heavy (non-hydrogen) atoms. The number of nitrogens with zero attached hydrogens (tertiary/aromatic N) is 1. The van der Waals surface area contributed by atoms with Crippen LogP contribution >= 0.6 is 0 Å². The average molecular weight is 294 g/mol. The van der Waals surface area contributed by atoms with Gasteiger partial charge in [-0.05, 0) is 33.8 Å². The Morgan fingerprint density at radius 3 is 2.76 bits per heavy atom. The first-order valence-electron chi connectivity index (χ1n) is 7.97. The van der Waals surface area contributed by atoms with Gasteiger partial charge in [0.1, 0.15) is 11.5 Å². The van der Waals surface area contributed by atoms with E-state index in [0.717, 1.165) is 37.7 Å². The minimum absolute atomic E-state index is 0.0721. The largest absolute Gasteiger partial charge is 0.465 e. The molecule has 0 bridgehead atoms. The van der Waals surface area contributed by atoms with Crippen molar-refractivity contribution in [1.82, 2.24) is 10.2 Å². The third-order valence-electron chi connectivity index (χ3n) is 3.79. The summed E-state index contributed by atoms with van der Waals surface area (Å²) >= 11 is 0. The molecular weight excluding hydrogens is 264 g/mol. The van der Waals surface area contributed by atoms with Gasteiger partial charge < -0.3 is 14.5 Å². The van der Waals surface area contributed by atoms with E-state index in [-0.39, 0.29) is 11.7 Å². The van der Waals surface area contributed by atoms with Crippen molar-refractivity contribution in [3.63, 3.8) is 0 Å². The van der Waals surface area contributed by atoms with E-state index in [4.69, 9.17) is 9.15 Å². The van der Waals surface area contributed by atoms with Crippen LogP contribution < -0.4 is 5.32 Å². The molecule has 120 valence electrons. The van der Waals surface area contributed by atoms with Crippen molar-refractivity contribution in [2.24, 2.45) is 0 Å². The van der Waals surface area contributed by atoms with Gasteiger partial charge in [-0.3, -0.25) is 4.90 Å². The van der Waals surface area contributed by atoms with E-state index < -0.39 is 0 Å². The van der Waals surface area contributed by atoms with E-state index in [1.54, 1.807) is 0 Å². The number of rotatable bonds is 5. The Kier molecular flexibility index (Phi) is 5.12. The smallest absolute Gasteiger partial charge is 0.118 e. The molecule has 1 atom stereocenters. The molecule has 4 nitrogen and oxygen atoms in total. The highest BCUT2D eigenvalue weighted by molar-refractivity contribution is 5.21. The molecule has 1 aliphatic heterocycles. The molecule has 0 amide bonds. The molecule has 2 heterocycles. The zero-order chi connectivity index (χ0) is 15.6. The van der Waals surface area contributed by atoms with Gasteiger partial charge >= 0.3 is 0 Å². The van der Waals surface area contributed by atoms with Crippen LogP contribution in [0.4, 0.5) is 0 Å². The van der Waals surface area contributed by atoms with Gasteiger partial charge in [0.05, 0.1) is 18.2 Å². The maximum Gasteiger partial charge on any atom is 0.118 e. The minimum atomic E-state index is -0.0721. The van der Waals surface area contributed by atoms with E-state index in [0.29, 0.717) is 6.04 Å². The van der Waals surface area contributed by atoms with Gasteiger partial charge in [0.15, 0.2) is 0 Å². The van der Waals surface area contributed by atoms with Crippen molar-refractivity contribution in [3.05, 3.63) is 23.2 Å². The molecule has 1 unspecified atom stereocenters. The van der Waals surface area contributed by atoms with E-state index in [1.165, 1.54) is 5.56 Å². The lowest BCUT2D eigenvalue weighted by Gasteiger charge is -2.41. The minimum Gasteiger partial charge on any atom is -0.465 e. The zero-order valence-corrected chi connectivity index (χ0v) is 14.3. The van der Waals surface area contributed by atoms with Crippen LogP contribution in [0.3, 0.4) is 0 Å². The molecule has 4 heteroatoms. The second-order valence-corrected chi connectivity index (χ2v) is 7.19. The molecule has 0 spiro atoms. The zero-order valence-electron chi connectivity index (χ0n) is 14.3. The average Bonchev–Trinajstić information content (AvgIpc) is 2.65. The molecule has 1 aliphatic rings. The highest BCUT2D eigenvalue weighted by Gasteiger charge is 2.31. The van der Waals surface area contributed by atoms with Crippen LogP contribution in [-0.4, -0.2) is 35.7 Å². The van der Waals surface area contributed by atoms with Gasteiger partial charge in [-0.25, -0.2) is 0 Å². The van der Waals surface area contributed by atoms with Gasteiger partial charge in [-0.15, -0.1) is 0 Å². The summed E-state index contributed by atoms with van der Waals surface area (Å²) in [6.45, 7) is 16.5. The molecule has 2 rings (SSSR count). The summed E-state index contributed by atoms with van der Waals surface area (Å²) in [5.41, 5.74) is 1.22. The monoisotopic (exact) mass is 294 g/mol. The highest BCUT2D eigenvalue weighted by atomic mass is 16.5. The molecule has 0 radical (unpaired) electrons. The van der Waals surface area contributed by atoms with Crippen molar-refractivity contribution in [1.29, 1.82) is 0 Å². The predicted octanol–water partition coefficient (Wildman–Crippen LogP) is 3.09.